The Hall–Kier alpha value is -0.0400. The highest BCUT2D eigenvalue weighted by Gasteiger charge is 2.44. The van der Waals surface area contributed by atoms with Gasteiger partial charge < -0.3 is 5.32 Å². The van der Waals surface area contributed by atoms with Crippen molar-refractivity contribution in [1.29, 1.82) is 0 Å². The quantitative estimate of drug-likeness (QED) is 0.624. The Morgan fingerprint density at radius 1 is 1.42 bits per heavy atom. The molecule has 0 heterocycles. The molecule has 1 heteroatoms. The summed E-state index contributed by atoms with van der Waals surface area (Å²) in [6.07, 6.45) is 2.82. The van der Waals surface area contributed by atoms with Crippen LogP contribution in [0, 0.1) is 17.3 Å². The lowest BCUT2D eigenvalue weighted by molar-refractivity contribution is 0.488. The topological polar surface area (TPSA) is 12.0 Å². The van der Waals surface area contributed by atoms with E-state index in [9.17, 15) is 0 Å². The van der Waals surface area contributed by atoms with Crippen molar-refractivity contribution in [2.45, 2.75) is 40.5 Å². The average molecular weight is 169 g/mol. The van der Waals surface area contributed by atoms with Gasteiger partial charge in [0, 0.05) is 0 Å². The number of nitrogens with one attached hydrogen (secondary N) is 1. The Bertz CT molecular complexity index is 138. The highest BCUT2D eigenvalue weighted by Crippen LogP contribution is 2.53. The van der Waals surface area contributed by atoms with Gasteiger partial charge in [0.05, 0.1) is 0 Å². The smallest absolute Gasteiger partial charge is 0.00258 e. The van der Waals surface area contributed by atoms with E-state index in [1.807, 2.05) is 0 Å². The minimum atomic E-state index is 0.666. The van der Waals surface area contributed by atoms with Gasteiger partial charge in [-0.2, -0.15) is 0 Å². The van der Waals surface area contributed by atoms with E-state index in [4.69, 9.17) is 0 Å². The highest BCUT2D eigenvalue weighted by molar-refractivity contribution is 4.94. The van der Waals surface area contributed by atoms with E-state index in [1.54, 1.807) is 0 Å². The zero-order valence-electron chi connectivity index (χ0n) is 8.98. The molecule has 1 fully saturated rings. The molecule has 12 heavy (non-hydrogen) atoms. The van der Waals surface area contributed by atoms with Crippen LogP contribution in [0.5, 0.6) is 0 Å². The van der Waals surface area contributed by atoms with Gasteiger partial charge in [0.15, 0.2) is 0 Å². The van der Waals surface area contributed by atoms with Crippen LogP contribution in [-0.2, 0) is 0 Å². The predicted molar refractivity (Wildman–Crippen MR) is 54.2 cm³/mol. The van der Waals surface area contributed by atoms with E-state index in [-0.39, 0.29) is 0 Å². The molecule has 0 radical (unpaired) electrons. The Labute approximate surface area is 76.9 Å². The average Bonchev–Trinajstić information content (AvgIpc) is 2.51. The molecular weight excluding hydrogens is 146 g/mol. The van der Waals surface area contributed by atoms with Crippen LogP contribution in [-0.4, -0.2) is 13.1 Å². The first-order valence-corrected chi connectivity index (χ1v) is 5.23. The first kappa shape index (κ1) is 10.0. The third kappa shape index (κ3) is 3.14. The van der Waals surface area contributed by atoms with Gasteiger partial charge in [-0.15, -0.1) is 0 Å². The SMILES string of the molecule is CC(C)CNCCC1CC1(C)C. The first-order chi connectivity index (χ1) is 5.52. The summed E-state index contributed by atoms with van der Waals surface area (Å²) < 4.78 is 0. The van der Waals surface area contributed by atoms with Crippen LogP contribution >= 0.6 is 0 Å². The molecular formula is C11H23N. The van der Waals surface area contributed by atoms with Crippen LogP contribution in [0.15, 0.2) is 0 Å². The second-order valence-corrected chi connectivity index (χ2v) is 5.28. The summed E-state index contributed by atoms with van der Waals surface area (Å²) >= 11 is 0. The Morgan fingerprint density at radius 2 is 2.00 bits per heavy atom. The predicted octanol–water partition coefficient (Wildman–Crippen LogP) is 2.67. The monoisotopic (exact) mass is 169 g/mol. The van der Waals surface area contributed by atoms with Crippen LogP contribution in [0.1, 0.15) is 40.5 Å². The van der Waals surface area contributed by atoms with Crippen molar-refractivity contribution in [2.24, 2.45) is 17.3 Å². The Balaban J connectivity index is 1.91. The van der Waals surface area contributed by atoms with Crippen LogP contribution in [0.2, 0.25) is 0 Å². The van der Waals surface area contributed by atoms with E-state index in [0.29, 0.717) is 5.41 Å². The summed E-state index contributed by atoms with van der Waals surface area (Å²) in [5.74, 6) is 1.79. The van der Waals surface area contributed by atoms with Gasteiger partial charge in [-0.25, -0.2) is 0 Å². The van der Waals surface area contributed by atoms with Gasteiger partial charge >= 0.3 is 0 Å². The highest BCUT2D eigenvalue weighted by atomic mass is 14.9. The molecule has 1 N–H and O–H groups in total. The fourth-order valence-electron chi connectivity index (χ4n) is 1.74. The molecule has 72 valence electrons. The lowest BCUT2D eigenvalue weighted by Gasteiger charge is -2.07. The number of hydrogen-bond acceptors (Lipinski definition) is 1. The lowest BCUT2D eigenvalue weighted by Crippen LogP contribution is -2.21. The maximum Gasteiger partial charge on any atom is -0.00258 e. The van der Waals surface area contributed by atoms with Gasteiger partial charge in [0.2, 0.25) is 0 Å². The van der Waals surface area contributed by atoms with Crippen molar-refractivity contribution in [1.82, 2.24) is 5.32 Å². The zero-order chi connectivity index (χ0) is 9.19. The molecule has 0 saturated heterocycles. The van der Waals surface area contributed by atoms with Crippen molar-refractivity contribution < 1.29 is 0 Å². The third-order valence-electron chi connectivity index (χ3n) is 2.94. The summed E-state index contributed by atoms with van der Waals surface area (Å²) in [6.45, 7) is 11.7. The van der Waals surface area contributed by atoms with Crippen molar-refractivity contribution in [3.63, 3.8) is 0 Å². The normalized spacial score (nSPS) is 26.2. The summed E-state index contributed by atoms with van der Waals surface area (Å²) in [4.78, 5) is 0. The molecule has 1 aliphatic rings. The molecule has 0 bridgehead atoms. The standard InChI is InChI=1S/C11H23N/c1-9(2)8-12-6-5-10-7-11(10,3)4/h9-10,12H,5-8H2,1-4H3. The van der Waals surface area contributed by atoms with Crippen molar-refractivity contribution in [2.75, 3.05) is 13.1 Å². The molecule has 1 rings (SSSR count). The molecule has 0 spiro atoms. The molecule has 0 amide bonds. The van der Waals surface area contributed by atoms with E-state index < -0.39 is 0 Å². The Kier molecular flexibility index (Phi) is 3.16. The maximum absolute atomic E-state index is 3.49. The molecule has 0 aromatic carbocycles. The first-order valence-electron chi connectivity index (χ1n) is 5.23. The summed E-state index contributed by atoms with van der Waals surface area (Å²) in [6, 6.07) is 0. The molecule has 0 aliphatic heterocycles. The second kappa shape index (κ2) is 3.78. The third-order valence-corrected chi connectivity index (χ3v) is 2.94. The molecule has 1 aliphatic carbocycles. The van der Waals surface area contributed by atoms with Crippen LogP contribution in [0.3, 0.4) is 0 Å². The fraction of sp³-hybridized carbons (Fsp3) is 1.00. The largest absolute Gasteiger partial charge is 0.316 e. The maximum atomic E-state index is 3.49. The summed E-state index contributed by atoms with van der Waals surface area (Å²) in [5, 5.41) is 3.49. The number of rotatable bonds is 5. The van der Waals surface area contributed by atoms with Gasteiger partial charge in [-0.1, -0.05) is 27.7 Å². The molecule has 1 saturated carbocycles. The summed E-state index contributed by atoms with van der Waals surface area (Å²) in [5.41, 5.74) is 0.666. The zero-order valence-corrected chi connectivity index (χ0v) is 8.98. The number of hydrogen-bond donors (Lipinski definition) is 1. The van der Waals surface area contributed by atoms with Crippen LogP contribution in [0.25, 0.3) is 0 Å². The minimum absolute atomic E-state index is 0.666. The van der Waals surface area contributed by atoms with Gasteiger partial charge in [0.1, 0.15) is 0 Å². The van der Waals surface area contributed by atoms with E-state index in [0.717, 1.165) is 11.8 Å². The van der Waals surface area contributed by atoms with Crippen LogP contribution in [0.4, 0.5) is 0 Å². The van der Waals surface area contributed by atoms with E-state index in [1.165, 1.54) is 25.9 Å². The van der Waals surface area contributed by atoms with Crippen molar-refractivity contribution >= 4 is 0 Å². The van der Waals surface area contributed by atoms with Crippen LogP contribution < -0.4 is 5.32 Å². The van der Waals surface area contributed by atoms with Gasteiger partial charge in [0.25, 0.3) is 0 Å². The summed E-state index contributed by atoms with van der Waals surface area (Å²) in [7, 11) is 0. The molecule has 0 aromatic rings. The van der Waals surface area contributed by atoms with E-state index in [2.05, 4.69) is 33.0 Å². The Morgan fingerprint density at radius 3 is 2.42 bits per heavy atom. The van der Waals surface area contributed by atoms with Gasteiger partial charge in [-0.05, 0) is 43.2 Å². The second-order valence-electron chi connectivity index (χ2n) is 5.28. The fourth-order valence-corrected chi connectivity index (χ4v) is 1.74. The van der Waals surface area contributed by atoms with Crippen molar-refractivity contribution in [3.8, 4) is 0 Å². The lowest BCUT2D eigenvalue weighted by atomic mass is 10.1. The van der Waals surface area contributed by atoms with E-state index >= 15 is 0 Å². The molecule has 0 aromatic heterocycles. The molecule has 1 unspecified atom stereocenters. The molecule has 1 nitrogen and oxygen atoms in total. The minimum Gasteiger partial charge on any atom is -0.316 e. The van der Waals surface area contributed by atoms with Crippen molar-refractivity contribution in [3.05, 3.63) is 0 Å². The van der Waals surface area contributed by atoms with Gasteiger partial charge in [-0.3, -0.25) is 0 Å². The molecule has 1 atom stereocenters.